The van der Waals surface area contributed by atoms with Crippen molar-refractivity contribution in [3.8, 4) is 0 Å². The first kappa shape index (κ1) is 24.9. The Hall–Kier alpha value is -3.17. The summed E-state index contributed by atoms with van der Waals surface area (Å²) >= 11 is 7.60. The number of benzene rings is 1. The molecule has 3 heterocycles. The fraction of sp³-hybridized carbons (Fsp3) is 0.350. The summed E-state index contributed by atoms with van der Waals surface area (Å²) in [6, 6.07) is 7.73. The summed E-state index contributed by atoms with van der Waals surface area (Å²) in [6.45, 7) is 0. The van der Waals surface area contributed by atoms with Gasteiger partial charge in [-0.05, 0) is 16.0 Å². The van der Waals surface area contributed by atoms with Crippen molar-refractivity contribution in [3.05, 3.63) is 47.2 Å². The van der Waals surface area contributed by atoms with E-state index in [1.165, 1.54) is 40.2 Å². The van der Waals surface area contributed by atoms with Gasteiger partial charge in [0.1, 0.15) is 17.1 Å². The van der Waals surface area contributed by atoms with Crippen LogP contribution in [0.2, 0.25) is 0 Å². The number of carbonyl (C=O) groups excluding carboxylic acids is 2. The minimum absolute atomic E-state index is 0.0803. The van der Waals surface area contributed by atoms with Crippen molar-refractivity contribution in [1.82, 2.24) is 30.4 Å². The number of methoxy groups -OCH3 is 1. The van der Waals surface area contributed by atoms with Crippen LogP contribution in [-0.4, -0.2) is 83.3 Å². The molecule has 1 saturated heterocycles. The summed E-state index contributed by atoms with van der Waals surface area (Å²) in [4.78, 5) is 39.3. The topological polar surface area (TPSA) is 149 Å². The van der Waals surface area contributed by atoms with Crippen LogP contribution in [0.25, 0.3) is 0 Å². The number of aryl methyl sites for hydroxylation is 1. The van der Waals surface area contributed by atoms with Crippen LogP contribution in [0.1, 0.15) is 11.7 Å². The van der Waals surface area contributed by atoms with Crippen LogP contribution in [0, 0.1) is 0 Å². The zero-order valence-corrected chi connectivity index (χ0v) is 20.9. The lowest BCUT2D eigenvalue weighted by Crippen LogP contribution is -2.71. The second-order valence-corrected chi connectivity index (χ2v) is 9.77. The highest BCUT2D eigenvalue weighted by atomic mass is 32.2. The summed E-state index contributed by atoms with van der Waals surface area (Å²) in [5, 5.41) is 23.5. The summed E-state index contributed by atoms with van der Waals surface area (Å²) in [6.07, 6.45) is -1.14. The summed E-state index contributed by atoms with van der Waals surface area (Å²) in [7, 11) is 3.00. The van der Waals surface area contributed by atoms with Crippen LogP contribution in [0.4, 0.5) is 0 Å². The minimum Gasteiger partial charge on any atom is -0.477 e. The molecule has 1 fully saturated rings. The van der Waals surface area contributed by atoms with Gasteiger partial charge >= 0.3 is 11.2 Å². The fourth-order valence-corrected chi connectivity index (χ4v) is 5.99. The number of thioether (sulfide) groups is 2. The van der Waals surface area contributed by atoms with Crippen molar-refractivity contribution < 1.29 is 29.0 Å². The average molecular weight is 537 g/mol. The number of nitrogens with one attached hydrogen (secondary N) is 1. The van der Waals surface area contributed by atoms with Crippen molar-refractivity contribution >= 4 is 58.8 Å². The van der Waals surface area contributed by atoms with Gasteiger partial charge in [0, 0.05) is 36.3 Å². The van der Waals surface area contributed by atoms with Gasteiger partial charge in [-0.2, -0.15) is 0 Å². The van der Waals surface area contributed by atoms with Crippen molar-refractivity contribution in [1.29, 1.82) is 0 Å². The van der Waals surface area contributed by atoms with Crippen LogP contribution >= 0.6 is 35.7 Å². The Morgan fingerprint density at radius 1 is 1.37 bits per heavy atom. The van der Waals surface area contributed by atoms with E-state index in [0.717, 1.165) is 0 Å². The molecule has 35 heavy (non-hydrogen) atoms. The van der Waals surface area contributed by atoms with Gasteiger partial charge in [-0.15, -0.1) is 16.9 Å². The van der Waals surface area contributed by atoms with Crippen molar-refractivity contribution in [3.63, 3.8) is 0 Å². The van der Waals surface area contributed by atoms with E-state index in [-0.39, 0.29) is 10.9 Å². The number of amides is 2. The Morgan fingerprint density at radius 3 is 2.74 bits per heavy atom. The van der Waals surface area contributed by atoms with E-state index < -0.39 is 35.3 Å². The summed E-state index contributed by atoms with van der Waals surface area (Å²) in [5.74, 6) is -1.65. The van der Waals surface area contributed by atoms with Crippen LogP contribution < -0.4 is 5.32 Å². The molecule has 3 atom stereocenters. The predicted octanol–water partition coefficient (Wildman–Crippen LogP) is 0.730. The molecule has 1 aromatic carbocycles. The van der Waals surface area contributed by atoms with Crippen molar-refractivity contribution in [2.45, 2.75) is 22.7 Å². The first-order valence-electron chi connectivity index (χ1n) is 10.2. The second kappa shape index (κ2) is 10.6. The zero-order chi connectivity index (χ0) is 25.1. The Morgan fingerprint density at radius 2 is 2.11 bits per heavy atom. The lowest BCUT2D eigenvalue weighted by Gasteiger charge is -2.49. The van der Waals surface area contributed by atoms with Gasteiger partial charge in [0.25, 0.3) is 11.8 Å². The van der Waals surface area contributed by atoms with E-state index in [2.05, 4.69) is 20.8 Å². The minimum atomic E-state index is -1.21. The molecule has 0 saturated carbocycles. The number of carboxylic acids is 1. The Labute approximate surface area is 213 Å². The van der Waals surface area contributed by atoms with E-state index in [1.807, 2.05) is 0 Å². The number of thiocarbonyl (C=S) groups is 1. The quantitative estimate of drug-likeness (QED) is 0.278. The Balaban J connectivity index is 1.49. The molecule has 2 aliphatic rings. The van der Waals surface area contributed by atoms with Crippen LogP contribution in [-0.2, 0) is 30.9 Å². The third-order valence-electron chi connectivity index (χ3n) is 5.23. The van der Waals surface area contributed by atoms with Gasteiger partial charge in [-0.3, -0.25) is 14.5 Å². The number of aliphatic carboxylic acids is 1. The molecule has 4 rings (SSSR count). The molecule has 2 aliphatic heterocycles. The van der Waals surface area contributed by atoms with Crippen LogP contribution in [0.5, 0.6) is 0 Å². The molecule has 15 heteroatoms. The standard InChI is InChI=1S/C20H20N6O6S3/c1-25-19(22-23-24-25)35-9-11-8-34-17-12(16(28)26(17)13(11)18(29)30)21-15(27)14(32-20(33)31-2)10-6-4-3-5-7-10/h3-7,12,14,17H,8-9H2,1-2H3,(H,21,27)(H,29,30). The van der Waals surface area contributed by atoms with E-state index in [4.69, 9.17) is 21.7 Å². The molecular weight excluding hydrogens is 516 g/mol. The number of rotatable bonds is 8. The maximum absolute atomic E-state index is 13.1. The van der Waals surface area contributed by atoms with Crippen molar-refractivity contribution in [2.75, 3.05) is 18.6 Å². The summed E-state index contributed by atoms with van der Waals surface area (Å²) in [5.41, 5.74) is 1.01. The highest BCUT2D eigenvalue weighted by molar-refractivity contribution is 8.01. The molecule has 0 bridgehead atoms. The maximum Gasteiger partial charge on any atom is 0.353 e. The fourth-order valence-electron chi connectivity index (χ4n) is 3.56. The largest absolute Gasteiger partial charge is 0.477 e. The van der Waals surface area contributed by atoms with E-state index in [1.54, 1.807) is 37.4 Å². The van der Waals surface area contributed by atoms with E-state index in [0.29, 0.717) is 27.8 Å². The molecule has 2 aromatic rings. The van der Waals surface area contributed by atoms with Gasteiger partial charge in [0.05, 0.1) is 7.11 Å². The maximum atomic E-state index is 13.1. The molecule has 0 radical (unpaired) electrons. The normalized spacial score (nSPS) is 19.9. The van der Waals surface area contributed by atoms with Gasteiger partial charge in [-0.25, -0.2) is 9.48 Å². The van der Waals surface area contributed by atoms with Crippen LogP contribution in [0.15, 0.2) is 46.8 Å². The summed E-state index contributed by atoms with van der Waals surface area (Å²) < 4.78 is 11.8. The first-order chi connectivity index (χ1) is 16.8. The molecule has 184 valence electrons. The molecule has 12 nitrogen and oxygen atoms in total. The number of ether oxygens (including phenoxy) is 2. The highest BCUT2D eigenvalue weighted by Gasteiger charge is 2.54. The molecule has 0 spiro atoms. The lowest BCUT2D eigenvalue weighted by molar-refractivity contribution is -0.151. The molecule has 3 unspecified atom stereocenters. The van der Waals surface area contributed by atoms with Gasteiger partial charge in [-0.1, -0.05) is 42.1 Å². The number of carboxylic acid groups (broad SMARTS) is 1. The number of hydrogen-bond donors (Lipinski definition) is 2. The van der Waals surface area contributed by atoms with E-state index in [9.17, 15) is 19.5 Å². The third kappa shape index (κ3) is 5.11. The van der Waals surface area contributed by atoms with Gasteiger partial charge < -0.3 is 19.9 Å². The number of nitrogens with zero attached hydrogens (tertiary/aromatic N) is 5. The zero-order valence-electron chi connectivity index (χ0n) is 18.5. The van der Waals surface area contributed by atoms with E-state index >= 15 is 0 Å². The van der Waals surface area contributed by atoms with Crippen LogP contribution in [0.3, 0.4) is 0 Å². The van der Waals surface area contributed by atoms with Gasteiger partial charge in [0.15, 0.2) is 0 Å². The highest BCUT2D eigenvalue weighted by Crippen LogP contribution is 2.41. The number of tetrazole rings is 1. The number of aromatic nitrogens is 4. The molecule has 0 aliphatic carbocycles. The predicted molar refractivity (Wildman–Crippen MR) is 129 cm³/mol. The SMILES string of the molecule is COC(=S)OC(C(=O)NC1C(=O)N2C(C(=O)O)=C(CSc3nnnn3C)CSC12)c1ccccc1. The Bertz CT molecular complexity index is 1190. The monoisotopic (exact) mass is 536 g/mol. The second-order valence-electron chi connectivity index (χ2n) is 7.39. The number of β-lactam (4-membered cyclic amide) rings is 1. The first-order valence-corrected chi connectivity index (χ1v) is 12.6. The number of hydrogen-bond acceptors (Lipinski definition) is 11. The smallest absolute Gasteiger partial charge is 0.353 e. The van der Waals surface area contributed by atoms with Gasteiger partial charge in [0.2, 0.25) is 11.3 Å². The number of fused-ring (bicyclic) bond motifs is 1. The average Bonchev–Trinajstić information content (AvgIpc) is 3.28. The van der Waals surface area contributed by atoms with Crippen molar-refractivity contribution in [2.24, 2.45) is 7.05 Å². The number of carbonyl (C=O) groups is 3. The molecule has 1 aromatic heterocycles. The lowest BCUT2D eigenvalue weighted by atomic mass is 10.0. The molecular formula is C20H20N6O6S3. The Kier molecular flexibility index (Phi) is 7.57. The molecule has 2 amide bonds. The molecule has 2 N–H and O–H groups in total. The third-order valence-corrected chi connectivity index (χ3v) is 7.92.